The highest BCUT2D eigenvalue weighted by molar-refractivity contribution is 4.94. The summed E-state index contributed by atoms with van der Waals surface area (Å²) in [5, 5.41) is 3.67. The monoisotopic (exact) mass is 154 g/mol. The van der Waals surface area contributed by atoms with Gasteiger partial charge < -0.3 is 11.1 Å². The summed E-state index contributed by atoms with van der Waals surface area (Å²) >= 11 is 0. The SMILES string of the molecule is NCC[C@@H]1C[C@@H]2CCC[C@H]2N1. The first-order chi connectivity index (χ1) is 5.40. The summed E-state index contributed by atoms with van der Waals surface area (Å²) in [4.78, 5) is 0. The van der Waals surface area contributed by atoms with Crippen molar-refractivity contribution in [3.8, 4) is 0 Å². The van der Waals surface area contributed by atoms with Crippen LogP contribution in [0.4, 0.5) is 0 Å². The van der Waals surface area contributed by atoms with E-state index < -0.39 is 0 Å². The second-order valence-electron chi connectivity index (χ2n) is 3.97. The molecule has 2 rings (SSSR count). The number of nitrogens with one attached hydrogen (secondary N) is 1. The summed E-state index contributed by atoms with van der Waals surface area (Å²) in [5.74, 6) is 0.992. The first-order valence-electron chi connectivity index (χ1n) is 4.86. The van der Waals surface area contributed by atoms with Crippen molar-refractivity contribution >= 4 is 0 Å². The zero-order chi connectivity index (χ0) is 7.68. The largest absolute Gasteiger partial charge is 0.330 e. The Morgan fingerprint density at radius 3 is 3.00 bits per heavy atom. The van der Waals surface area contributed by atoms with Gasteiger partial charge in [-0.3, -0.25) is 0 Å². The van der Waals surface area contributed by atoms with Crippen molar-refractivity contribution in [3.63, 3.8) is 0 Å². The molecular formula is C9H18N2. The molecule has 0 bridgehead atoms. The molecule has 2 aliphatic rings. The lowest BCUT2D eigenvalue weighted by molar-refractivity contribution is 0.506. The van der Waals surface area contributed by atoms with E-state index >= 15 is 0 Å². The van der Waals surface area contributed by atoms with E-state index in [0.29, 0.717) is 0 Å². The summed E-state index contributed by atoms with van der Waals surface area (Å²) < 4.78 is 0. The molecule has 0 aromatic rings. The fraction of sp³-hybridized carbons (Fsp3) is 1.00. The smallest absolute Gasteiger partial charge is 0.00985 e. The molecule has 2 fully saturated rings. The van der Waals surface area contributed by atoms with Gasteiger partial charge in [0.25, 0.3) is 0 Å². The van der Waals surface area contributed by atoms with E-state index in [2.05, 4.69) is 5.32 Å². The summed E-state index contributed by atoms with van der Waals surface area (Å²) in [6, 6.07) is 1.60. The van der Waals surface area contributed by atoms with E-state index in [1.807, 2.05) is 0 Å². The standard InChI is InChI=1S/C9H18N2/c10-5-4-8-6-7-2-1-3-9(7)11-8/h7-9,11H,1-6,10H2/t7-,8+,9+/m0/s1. The van der Waals surface area contributed by atoms with Gasteiger partial charge in [0.1, 0.15) is 0 Å². The minimum absolute atomic E-state index is 0.746. The number of hydrogen-bond acceptors (Lipinski definition) is 2. The molecular weight excluding hydrogens is 136 g/mol. The molecule has 1 saturated heterocycles. The second kappa shape index (κ2) is 3.11. The van der Waals surface area contributed by atoms with Crippen molar-refractivity contribution in [1.29, 1.82) is 0 Å². The third-order valence-corrected chi connectivity index (χ3v) is 3.21. The van der Waals surface area contributed by atoms with Crippen LogP contribution in [-0.4, -0.2) is 18.6 Å². The van der Waals surface area contributed by atoms with Crippen LogP contribution in [-0.2, 0) is 0 Å². The number of hydrogen-bond donors (Lipinski definition) is 2. The van der Waals surface area contributed by atoms with Crippen LogP contribution in [0.2, 0.25) is 0 Å². The van der Waals surface area contributed by atoms with Crippen molar-refractivity contribution < 1.29 is 0 Å². The van der Waals surface area contributed by atoms with E-state index in [1.165, 1.54) is 32.1 Å². The molecule has 0 radical (unpaired) electrons. The average Bonchev–Trinajstić information content (AvgIpc) is 2.46. The van der Waals surface area contributed by atoms with Crippen LogP contribution in [0.3, 0.4) is 0 Å². The molecule has 3 atom stereocenters. The third kappa shape index (κ3) is 1.42. The Hall–Kier alpha value is -0.0800. The van der Waals surface area contributed by atoms with Crippen LogP contribution in [0.15, 0.2) is 0 Å². The van der Waals surface area contributed by atoms with E-state index in [0.717, 1.165) is 24.5 Å². The molecule has 1 aliphatic heterocycles. The predicted octanol–water partition coefficient (Wildman–Crippen LogP) is 0.866. The van der Waals surface area contributed by atoms with E-state index in [9.17, 15) is 0 Å². The van der Waals surface area contributed by atoms with Crippen molar-refractivity contribution in [2.45, 2.75) is 44.2 Å². The van der Waals surface area contributed by atoms with Gasteiger partial charge in [-0.2, -0.15) is 0 Å². The Bertz CT molecular complexity index is 124. The first kappa shape index (κ1) is 7.56. The van der Waals surface area contributed by atoms with E-state index in [-0.39, 0.29) is 0 Å². The van der Waals surface area contributed by atoms with Crippen molar-refractivity contribution in [2.24, 2.45) is 11.7 Å². The molecule has 2 nitrogen and oxygen atoms in total. The Morgan fingerprint density at radius 2 is 2.27 bits per heavy atom. The fourth-order valence-electron chi connectivity index (χ4n) is 2.68. The fourth-order valence-corrected chi connectivity index (χ4v) is 2.68. The van der Waals surface area contributed by atoms with Crippen molar-refractivity contribution in [1.82, 2.24) is 5.32 Å². The van der Waals surface area contributed by atoms with Gasteiger partial charge in [-0.15, -0.1) is 0 Å². The average molecular weight is 154 g/mol. The van der Waals surface area contributed by atoms with Crippen LogP contribution in [0.1, 0.15) is 32.1 Å². The maximum Gasteiger partial charge on any atom is 0.00985 e. The lowest BCUT2D eigenvalue weighted by Gasteiger charge is -2.10. The third-order valence-electron chi connectivity index (χ3n) is 3.21. The molecule has 1 aliphatic carbocycles. The Kier molecular flexibility index (Phi) is 2.14. The molecule has 64 valence electrons. The molecule has 11 heavy (non-hydrogen) atoms. The van der Waals surface area contributed by atoms with Crippen molar-refractivity contribution in [3.05, 3.63) is 0 Å². The summed E-state index contributed by atoms with van der Waals surface area (Å²) in [6.07, 6.45) is 6.87. The number of rotatable bonds is 2. The first-order valence-corrected chi connectivity index (χ1v) is 4.86. The quantitative estimate of drug-likeness (QED) is 0.619. The molecule has 2 heteroatoms. The van der Waals surface area contributed by atoms with Gasteiger partial charge in [0.15, 0.2) is 0 Å². The van der Waals surface area contributed by atoms with Crippen LogP contribution >= 0.6 is 0 Å². The topological polar surface area (TPSA) is 38.0 Å². The van der Waals surface area contributed by atoms with Crippen molar-refractivity contribution in [2.75, 3.05) is 6.54 Å². The van der Waals surface area contributed by atoms with Gasteiger partial charge in [-0.1, -0.05) is 6.42 Å². The summed E-state index contributed by atoms with van der Waals surface area (Å²) in [5.41, 5.74) is 5.52. The van der Waals surface area contributed by atoms with Gasteiger partial charge >= 0.3 is 0 Å². The normalized spacial score (nSPS) is 42.8. The predicted molar refractivity (Wildman–Crippen MR) is 46.3 cm³/mol. The molecule has 0 amide bonds. The second-order valence-corrected chi connectivity index (χ2v) is 3.97. The van der Waals surface area contributed by atoms with Gasteiger partial charge in [0.05, 0.1) is 0 Å². The highest BCUT2D eigenvalue weighted by atomic mass is 15.0. The minimum Gasteiger partial charge on any atom is -0.330 e. The highest BCUT2D eigenvalue weighted by Crippen LogP contribution is 2.35. The Balaban J connectivity index is 1.84. The molecule has 3 N–H and O–H groups in total. The van der Waals surface area contributed by atoms with Gasteiger partial charge in [-0.25, -0.2) is 0 Å². The lowest BCUT2D eigenvalue weighted by Crippen LogP contribution is -2.30. The molecule has 0 aromatic heterocycles. The van der Waals surface area contributed by atoms with Crippen LogP contribution in [0.25, 0.3) is 0 Å². The van der Waals surface area contributed by atoms with E-state index in [4.69, 9.17) is 5.73 Å². The highest BCUT2D eigenvalue weighted by Gasteiger charge is 2.35. The van der Waals surface area contributed by atoms with E-state index in [1.54, 1.807) is 0 Å². The molecule has 1 saturated carbocycles. The molecule has 1 heterocycles. The Labute approximate surface area is 68.5 Å². The van der Waals surface area contributed by atoms with Crippen LogP contribution in [0, 0.1) is 5.92 Å². The molecule has 0 spiro atoms. The molecule has 0 unspecified atom stereocenters. The summed E-state index contributed by atoms with van der Waals surface area (Å²) in [7, 11) is 0. The van der Waals surface area contributed by atoms with Gasteiger partial charge in [0.2, 0.25) is 0 Å². The van der Waals surface area contributed by atoms with Gasteiger partial charge in [-0.05, 0) is 38.1 Å². The zero-order valence-electron chi connectivity index (χ0n) is 7.05. The summed E-state index contributed by atoms with van der Waals surface area (Å²) in [6.45, 7) is 0.844. The van der Waals surface area contributed by atoms with Gasteiger partial charge in [0, 0.05) is 12.1 Å². The Morgan fingerprint density at radius 1 is 1.36 bits per heavy atom. The van der Waals surface area contributed by atoms with Crippen LogP contribution in [0.5, 0.6) is 0 Å². The maximum absolute atomic E-state index is 5.52. The zero-order valence-corrected chi connectivity index (χ0v) is 7.05. The maximum atomic E-state index is 5.52. The lowest BCUT2D eigenvalue weighted by atomic mass is 10.0. The minimum atomic E-state index is 0.746. The van der Waals surface area contributed by atoms with Crippen LogP contribution < -0.4 is 11.1 Å². The molecule has 0 aromatic carbocycles. The number of nitrogens with two attached hydrogens (primary N) is 1. The number of fused-ring (bicyclic) bond motifs is 1.